The van der Waals surface area contributed by atoms with Crippen molar-refractivity contribution in [2.24, 2.45) is 0 Å². The summed E-state index contributed by atoms with van der Waals surface area (Å²) < 4.78 is 6.49. The smallest absolute Gasteiger partial charge is 0.151 e. The second kappa shape index (κ2) is 8.32. The van der Waals surface area contributed by atoms with Gasteiger partial charge in [0.2, 0.25) is 0 Å². The van der Waals surface area contributed by atoms with E-state index in [1.165, 1.54) is 5.56 Å². The van der Waals surface area contributed by atoms with Crippen molar-refractivity contribution in [2.75, 3.05) is 13.6 Å². The van der Waals surface area contributed by atoms with Gasteiger partial charge in [-0.25, -0.2) is 0 Å². The van der Waals surface area contributed by atoms with E-state index in [0.29, 0.717) is 0 Å². The predicted molar refractivity (Wildman–Crippen MR) is 87.8 cm³/mol. The van der Waals surface area contributed by atoms with Gasteiger partial charge in [0.25, 0.3) is 0 Å². The van der Waals surface area contributed by atoms with Gasteiger partial charge < -0.3 is 9.84 Å². The molecule has 21 heavy (non-hydrogen) atoms. The molecule has 0 saturated carbocycles. The molecule has 1 aromatic heterocycles. The molecule has 1 aromatic carbocycles. The van der Waals surface area contributed by atoms with Crippen LogP contribution in [0, 0.1) is 0 Å². The van der Waals surface area contributed by atoms with Gasteiger partial charge in [0.1, 0.15) is 0 Å². The summed E-state index contributed by atoms with van der Waals surface area (Å²) in [7, 11) is 2.08. The molecule has 0 amide bonds. The van der Waals surface area contributed by atoms with E-state index in [1.807, 2.05) is 6.07 Å². The Bertz CT molecular complexity index is 539. The third-order valence-electron chi connectivity index (χ3n) is 3.13. The molecule has 0 aliphatic rings. The van der Waals surface area contributed by atoms with Crippen LogP contribution in [0.4, 0.5) is 0 Å². The Morgan fingerprint density at radius 2 is 2.00 bits per heavy atom. The monoisotopic (exact) mass is 351 g/mol. The molecular weight excluding hydrogens is 330 g/mol. The van der Waals surface area contributed by atoms with Crippen LogP contribution in [0.2, 0.25) is 0 Å². The summed E-state index contributed by atoms with van der Waals surface area (Å²) in [4.78, 5) is 2.22. The van der Waals surface area contributed by atoms with Gasteiger partial charge in [0.15, 0.2) is 5.76 Å². The van der Waals surface area contributed by atoms with Crippen LogP contribution in [0.1, 0.15) is 30.4 Å². The molecule has 0 bridgehead atoms. The molecule has 0 radical (unpaired) electrons. The number of rotatable bonds is 8. The van der Waals surface area contributed by atoms with Gasteiger partial charge in [0, 0.05) is 23.6 Å². The van der Waals surface area contributed by atoms with Crippen molar-refractivity contribution in [1.29, 1.82) is 0 Å². The third kappa shape index (κ3) is 5.61. The lowest BCUT2D eigenvalue weighted by atomic mass is 10.2. The number of nitrogens with zero attached hydrogens (tertiary/aromatic N) is 2. The topological polar surface area (TPSA) is 41.3 Å². The highest BCUT2D eigenvalue weighted by molar-refractivity contribution is 9.10. The molecule has 0 aliphatic carbocycles. The second-order valence-electron chi connectivity index (χ2n) is 5.26. The average molecular weight is 352 g/mol. The minimum Gasteiger partial charge on any atom is -0.360 e. The van der Waals surface area contributed by atoms with Gasteiger partial charge in [-0.05, 0) is 37.7 Å². The zero-order valence-corrected chi connectivity index (χ0v) is 14.2. The molecule has 114 valence electrons. The summed E-state index contributed by atoms with van der Waals surface area (Å²) in [5.41, 5.74) is 2.25. The molecule has 5 heteroatoms. The number of halogens is 1. The summed E-state index contributed by atoms with van der Waals surface area (Å²) in [6.07, 6.45) is 1.13. The van der Waals surface area contributed by atoms with E-state index < -0.39 is 0 Å². The minimum absolute atomic E-state index is 0.761. The molecular formula is C16H22BrN3O. The van der Waals surface area contributed by atoms with Gasteiger partial charge in [-0.1, -0.05) is 40.1 Å². The first kappa shape index (κ1) is 16.2. The molecule has 0 unspecified atom stereocenters. The molecule has 0 atom stereocenters. The summed E-state index contributed by atoms with van der Waals surface area (Å²) in [5.74, 6) is 0.905. The van der Waals surface area contributed by atoms with Crippen LogP contribution in [-0.4, -0.2) is 23.6 Å². The molecule has 2 aromatic rings. The second-order valence-corrected chi connectivity index (χ2v) is 6.18. The maximum Gasteiger partial charge on any atom is 0.151 e. The lowest BCUT2D eigenvalue weighted by Gasteiger charge is -2.14. The van der Waals surface area contributed by atoms with Crippen molar-refractivity contribution in [3.05, 3.63) is 51.8 Å². The highest BCUT2D eigenvalue weighted by Gasteiger charge is 2.07. The number of benzene rings is 1. The van der Waals surface area contributed by atoms with Crippen molar-refractivity contribution in [2.45, 2.75) is 33.0 Å². The molecule has 0 saturated heterocycles. The van der Waals surface area contributed by atoms with Crippen LogP contribution in [0.3, 0.4) is 0 Å². The first-order valence-corrected chi connectivity index (χ1v) is 8.05. The van der Waals surface area contributed by atoms with Crippen LogP contribution >= 0.6 is 15.9 Å². The van der Waals surface area contributed by atoms with Crippen molar-refractivity contribution in [1.82, 2.24) is 15.4 Å². The fourth-order valence-corrected chi connectivity index (χ4v) is 2.39. The van der Waals surface area contributed by atoms with E-state index in [4.69, 9.17) is 4.52 Å². The maximum atomic E-state index is 5.38. The van der Waals surface area contributed by atoms with Crippen molar-refractivity contribution < 1.29 is 4.52 Å². The maximum absolute atomic E-state index is 5.38. The molecule has 1 heterocycles. The molecule has 1 N–H and O–H groups in total. The summed E-state index contributed by atoms with van der Waals surface area (Å²) in [6.45, 7) is 5.58. The largest absolute Gasteiger partial charge is 0.360 e. The first-order valence-electron chi connectivity index (χ1n) is 7.25. The van der Waals surface area contributed by atoms with Crippen molar-refractivity contribution >= 4 is 15.9 Å². The van der Waals surface area contributed by atoms with Gasteiger partial charge >= 0.3 is 0 Å². The van der Waals surface area contributed by atoms with Gasteiger partial charge in [-0.3, -0.25) is 4.90 Å². The Hall–Kier alpha value is -1.17. The third-order valence-corrected chi connectivity index (χ3v) is 3.66. The van der Waals surface area contributed by atoms with E-state index in [0.717, 1.165) is 48.5 Å². The van der Waals surface area contributed by atoms with Gasteiger partial charge in [-0.2, -0.15) is 0 Å². The Labute approximate surface area is 134 Å². The number of hydrogen-bond acceptors (Lipinski definition) is 4. The van der Waals surface area contributed by atoms with E-state index in [9.17, 15) is 0 Å². The van der Waals surface area contributed by atoms with Crippen molar-refractivity contribution in [3.63, 3.8) is 0 Å². The molecule has 0 fully saturated rings. The fourth-order valence-electron chi connectivity index (χ4n) is 2.13. The Morgan fingerprint density at radius 3 is 2.71 bits per heavy atom. The lowest BCUT2D eigenvalue weighted by Crippen LogP contribution is -2.16. The van der Waals surface area contributed by atoms with E-state index in [-0.39, 0.29) is 0 Å². The molecule has 2 rings (SSSR count). The zero-order valence-electron chi connectivity index (χ0n) is 12.6. The number of aromatic nitrogens is 1. The van der Waals surface area contributed by atoms with Crippen LogP contribution in [0.25, 0.3) is 0 Å². The number of nitrogens with one attached hydrogen (secondary N) is 1. The van der Waals surface area contributed by atoms with Crippen LogP contribution < -0.4 is 5.32 Å². The Kier molecular flexibility index (Phi) is 6.42. The lowest BCUT2D eigenvalue weighted by molar-refractivity contribution is 0.265. The number of hydrogen-bond donors (Lipinski definition) is 1. The Balaban J connectivity index is 1.82. The Morgan fingerprint density at radius 1 is 1.24 bits per heavy atom. The van der Waals surface area contributed by atoms with E-state index in [1.54, 1.807) is 0 Å². The van der Waals surface area contributed by atoms with Crippen LogP contribution in [0.5, 0.6) is 0 Å². The fraction of sp³-hybridized carbons (Fsp3) is 0.438. The summed E-state index contributed by atoms with van der Waals surface area (Å²) in [6, 6.07) is 10.4. The molecule has 0 spiro atoms. The SMILES string of the molecule is CCCNCc1cc(CN(C)Cc2ccc(Br)cc2)on1. The quantitative estimate of drug-likeness (QED) is 0.738. The van der Waals surface area contributed by atoms with Gasteiger partial charge in [0.05, 0.1) is 12.2 Å². The summed E-state index contributed by atoms with van der Waals surface area (Å²) in [5, 5.41) is 7.41. The minimum atomic E-state index is 0.761. The summed E-state index contributed by atoms with van der Waals surface area (Å²) >= 11 is 3.45. The zero-order chi connectivity index (χ0) is 15.1. The van der Waals surface area contributed by atoms with Crippen LogP contribution in [-0.2, 0) is 19.6 Å². The standard InChI is InChI=1S/C16H22BrN3O/c1-3-8-18-10-15-9-16(21-19-15)12-20(2)11-13-4-6-14(17)7-5-13/h4-7,9,18H,3,8,10-12H2,1-2H3. The molecule has 4 nitrogen and oxygen atoms in total. The molecule has 0 aliphatic heterocycles. The first-order chi connectivity index (χ1) is 10.2. The van der Waals surface area contributed by atoms with Crippen molar-refractivity contribution in [3.8, 4) is 0 Å². The average Bonchev–Trinajstić information content (AvgIpc) is 2.89. The highest BCUT2D eigenvalue weighted by atomic mass is 79.9. The van der Waals surface area contributed by atoms with E-state index >= 15 is 0 Å². The normalized spacial score (nSPS) is 11.2. The predicted octanol–water partition coefficient (Wildman–Crippen LogP) is 3.57. The van der Waals surface area contributed by atoms with Crippen LogP contribution in [0.15, 0.2) is 39.3 Å². The van der Waals surface area contributed by atoms with E-state index in [2.05, 4.69) is 69.5 Å². The highest BCUT2D eigenvalue weighted by Crippen LogP contribution is 2.13. The van der Waals surface area contributed by atoms with Gasteiger partial charge in [-0.15, -0.1) is 0 Å².